The second-order valence-corrected chi connectivity index (χ2v) is 9.83. The average Bonchev–Trinajstić information content (AvgIpc) is 3.36. The third-order valence-corrected chi connectivity index (χ3v) is 7.05. The molecule has 1 spiro atoms. The number of rotatable bonds is 3. The molecule has 2 saturated heterocycles. The van der Waals surface area contributed by atoms with E-state index < -0.39 is 38.9 Å². The van der Waals surface area contributed by atoms with Crippen LogP contribution in [-0.2, 0) is 10.0 Å². The molecule has 32 heavy (non-hydrogen) atoms. The molecule has 0 aromatic heterocycles. The smallest absolute Gasteiger partial charge is 0.256 e. The minimum atomic E-state index is -3.86. The zero-order valence-corrected chi connectivity index (χ0v) is 17.7. The van der Waals surface area contributed by atoms with Gasteiger partial charge in [-0.3, -0.25) is 9.59 Å². The minimum absolute atomic E-state index is 0.0960. The van der Waals surface area contributed by atoms with Gasteiger partial charge >= 0.3 is 0 Å². The standard InChI is InChI=1S/C21H20F3N3O4S/c22-16-10-18(24)17(23)9-15(16)20(29)27-8-6-21(12-27)5-7-26(11-21)19(28)13-1-3-14(4-2-13)32(25,30)31/h1-4,9-10H,5-8,11-12H2,(H2,25,30,31). The fourth-order valence-electron chi connectivity index (χ4n) is 4.38. The van der Waals surface area contributed by atoms with E-state index >= 15 is 0 Å². The summed E-state index contributed by atoms with van der Waals surface area (Å²) in [6.07, 6.45) is 1.20. The quantitative estimate of drug-likeness (QED) is 0.699. The Kier molecular flexibility index (Phi) is 5.49. The Morgan fingerprint density at radius 3 is 1.94 bits per heavy atom. The third-order valence-electron chi connectivity index (χ3n) is 6.12. The van der Waals surface area contributed by atoms with Crippen molar-refractivity contribution in [1.82, 2.24) is 9.80 Å². The molecule has 2 N–H and O–H groups in total. The van der Waals surface area contributed by atoms with Gasteiger partial charge in [0.2, 0.25) is 10.0 Å². The lowest BCUT2D eigenvalue weighted by Gasteiger charge is -2.25. The van der Waals surface area contributed by atoms with Crippen molar-refractivity contribution in [2.45, 2.75) is 17.7 Å². The van der Waals surface area contributed by atoms with Crippen molar-refractivity contribution in [2.24, 2.45) is 10.6 Å². The van der Waals surface area contributed by atoms with Crippen molar-refractivity contribution >= 4 is 21.8 Å². The highest BCUT2D eigenvalue weighted by Crippen LogP contribution is 2.40. The summed E-state index contributed by atoms with van der Waals surface area (Å²) in [5.74, 6) is -4.78. The second-order valence-electron chi connectivity index (χ2n) is 8.27. The lowest BCUT2D eigenvalue weighted by Crippen LogP contribution is -2.36. The Bertz CT molecular complexity index is 1200. The minimum Gasteiger partial charge on any atom is -0.338 e. The molecule has 0 bridgehead atoms. The van der Waals surface area contributed by atoms with Gasteiger partial charge in [0.15, 0.2) is 11.6 Å². The number of amides is 2. The summed E-state index contributed by atoms with van der Waals surface area (Å²) in [5.41, 5.74) is -0.591. The molecule has 4 rings (SSSR count). The van der Waals surface area contributed by atoms with Crippen molar-refractivity contribution in [3.63, 3.8) is 0 Å². The molecule has 1 atom stereocenters. The first kappa shape index (κ1) is 22.3. The Morgan fingerprint density at radius 1 is 0.844 bits per heavy atom. The van der Waals surface area contributed by atoms with Crippen LogP contribution in [-0.4, -0.2) is 56.2 Å². The molecular weight excluding hydrogens is 447 g/mol. The fourth-order valence-corrected chi connectivity index (χ4v) is 4.89. The van der Waals surface area contributed by atoms with E-state index in [1.165, 1.54) is 29.2 Å². The van der Waals surface area contributed by atoms with Crippen LogP contribution in [0.1, 0.15) is 33.6 Å². The molecular formula is C21H20F3N3O4S. The van der Waals surface area contributed by atoms with Gasteiger partial charge in [-0.2, -0.15) is 0 Å². The van der Waals surface area contributed by atoms with E-state index in [1.54, 1.807) is 4.90 Å². The number of nitrogens with two attached hydrogens (primary N) is 1. The van der Waals surface area contributed by atoms with E-state index in [9.17, 15) is 31.2 Å². The topological polar surface area (TPSA) is 101 Å². The summed E-state index contributed by atoms with van der Waals surface area (Å²) in [4.78, 5) is 28.4. The van der Waals surface area contributed by atoms with Crippen LogP contribution < -0.4 is 5.14 Å². The summed E-state index contributed by atoms with van der Waals surface area (Å²) in [6.45, 7) is 1.38. The lowest BCUT2D eigenvalue weighted by atomic mass is 9.86. The number of hydrogen-bond acceptors (Lipinski definition) is 4. The average molecular weight is 467 g/mol. The monoisotopic (exact) mass is 467 g/mol. The van der Waals surface area contributed by atoms with Gasteiger partial charge in [0.05, 0.1) is 10.5 Å². The van der Waals surface area contributed by atoms with Gasteiger partial charge in [-0.15, -0.1) is 0 Å². The van der Waals surface area contributed by atoms with Crippen LogP contribution in [0, 0.1) is 22.9 Å². The number of sulfonamides is 1. The number of nitrogens with zero attached hydrogens (tertiary/aromatic N) is 2. The maximum absolute atomic E-state index is 14.0. The second kappa shape index (κ2) is 7.89. The third kappa shape index (κ3) is 4.09. The van der Waals surface area contributed by atoms with E-state index in [4.69, 9.17) is 5.14 Å². The molecule has 2 fully saturated rings. The van der Waals surface area contributed by atoms with Crippen molar-refractivity contribution < 1.29 is 31.2 Å². The zero-order chi connectivity index (χ0) is 23.3. The summed E-state index contributed by atoms with van der Waals surface area (Å²) < 4.78 is 63.4. The molecule has 2 aromatic rings. The van der Waals surface area contributed by atoms with Crippen LogP contribution in [0.2, 0.25) is 0 Å². The molecule has 0 saturated carbocycles. The molecule has 0 aliphatic carbocycles. The summed E-state index contributed by atoms with van der Waals surface area (Å²) in [7, 11) is -3.86. The highest BCUT2D eigenvalue weighted by Gasteiger charge is 2.46. The number of benzene rings is 2. The summed E-state index contributed by atoms with van der Waals surface area (Å²) in [5, 5.41) is 5.07. The van der Waals surface area contributed by atoms with Crippen LogP contribution in [0.4, 0.5) is 13.2 Å². The molecule has 2 heterocycles. The van der Waals surface area contributed by atoms with Gasteiger partial charge in [-0.1, -0.05) is 0 Å². The molecule has 11 heteroatoms. The Hall–Kier alpha value is -2.92. The van der Waals surface area contributed by atoms with E-state index in [0.717, 1.165) is 0 Å². The van der Waals surface area contributed by atoms with Gasteiger partial charge in [-0.25, -0.2) is 26.7 Å². The normalized spacial score (nSPS) is 20.9. The molecule has 1 unspecified atom stereocenters. The van der Waals surface area contributed by atoms with Crippen LogP contribution >= 0.6 is 0 Å². The molecule has 2 amide bonds. The first-order valence-corrected chi connectivity index (χ1v) is 11.4. The predicted molar refractivity (Wildman–Crippen MR) is 108 cm³/mol. The van der Waals surface area contributed by atoms with Crippen molar-refractivity contribution in [1.29, 1.82) is 0 Å². The molecule has 7 nitrogen and oxygen atoms in total. The van der Waals surface area contributed by atoms with Gasteiger partial charge in [0.1, 0.15) is 5.82 Å². The van der Waals surface area contributed by atoms with Gasteiger partial charge in [0, 0.05) is 43.2 Å². The van der Waals surface area contributed by atoms with Gasteiger partial charge in [-0.05, 0) is 43.2 Å². The van der Waals surface area contributed by atoms with Gasteiger partial charge in [0.25, 0.3) is 11.8 Å². The van der Waals surface area contributed by atoms with E-state index in [1.807, 2.05) is 0 Å². The Morgan fingerprint density at radius 2 is 1.38 bits per heavy atom. The van der Waals surface area contributed by atoms with Crippen molar-refractivity contribution in [3.05, 3.63) is 65.0 Å². The Labute approximate surface area is 182 Å². The molecule has 2 aromatic carbocycles. The van der Waals surface area contributed by atoms with Crippen LogP contribution in [0.15, 0.2) is 41.3 Å². The zero-order valence-electron chi connectivity index (χ0n) is 16.9. The SMILES string of the molecule is NS(=O)(=O)c1ccc(C(=O)N2CCC3(CCN(C(=O)c4cc(F)c(F)cc4F)C3)C2)cc1. The van der Waals surface area contributed by atoms with Crippen LogP contribution in [0.5, 0.6) is 0 Å². The first-order chi connectivity index (χ1) is 15.0. The number of carbonyl (C=O) groups excluding carboxylic acids is 2. The Balaban J connectivity index is 1.45. The molecule has 0 radical (unpaired) electrons. The molecule has 170 valence electrons. The van der Waals surface area contributed by atoms with E-state index in [-0.39, 0.29) is 22.8 Å². The van der Waals surface area contributed by atoms with Gasteiger partial charge < -0.3 is 9.80 Å². The fraction of sp³-hybridized carbons (Fsp3) is 0.333. The first-order valence-electron chi connectivity index (χ1n) is 9.85. The maximum Gasteiger partial charge on any atom is 0.256 e. The lowest BCUT2D eigenvalue weighted by molar-refractivity contribution is 0.0752. The van der Waals surface area contributed by atoms with Crippen LogP contribution in [0.25, 0.3) is 0 Å². The predicted octanol–water partition coefficient (Wildman–Crippen LogP) is 2.13. The largest absolute Gasteiger partial charge is 0.338 e. The summed E-state index contributed by atoms with van der Waals surface area (Å²) in [6, 6.07) is 6.23. The number of hydrogen-bond donors (Lipinski definition) is 1. The highest BCUT2D eigenvalue weighted by molar-refractivity contribution is 7.89. The highest BCUT2D eigenvalue weighted by atomic mass is 32.2. The maximum atomic E-state index is 14.0. The number of halogens is 3. The number of primary sulfonamides is 1. The number of likely N-dealkylation sites (tertiary alicyclic amines) is 2. The van der Waals surface area contributed by atoms with E-state index in [0.29, 0.717) is 50.2 Å². The van der Waals surface area contributed by atoms with Crippen LogP contribution in [0.3, 0.4) is 0 Å². The molecule has 2 aliphatic heterocycles. The van der Waals surface area contributed by atoms with Crippen molar-refractivity contribution in [2.75, 3.05) is 26.2 Å². The number of carbonyl (C=O) groups is 2. The van der Waals surface area contributed by atoms with Crippen molar-refractivity contribution in [3.8, 4) is 0 Å². The van der Waals surface area contributed by atoms with E-state index in [2.05, 4.69) is 0 Å². The molecule has 2 aliphatic rings. The summed E-state index contributed by atoms with van der Waals surface area (Å²) >= 11 is 0.